The fraction of sp³-hybridized carbons (Fsp3) is 0.200. The molecule has 1 rings (SSSR count). The predicted molar refractivity (Wildman–Crippen MR) is 48.5 cm³/mol. The van der Waals surface area contributed by atoms with Crippen molar-refractivity contribution in [3.63, 3.8) is 0 Å². The van der Waals surface area contributed by atoms with Crippen molar-refractivity contribution in [2.75, 3.05) is 0 Å². The van der Waals surface area contributed by atoms with Gasteiger partial charge in [-0.05, 0) is 12.1 Å². The van der Waals surface area contributed by atoms with Gasteiger partial charge in [0.05, 0.1) is 0 Å². The highest BCUT2D eigenvalue weighted by molar-refractivity contribution is 5.10. The van der Waals surface area contributed by atoms with Crippen LogP contribution in [0.3, 0.4) is 0 Å². The zero-order valence-corrected chi connectivity index (χ0v) is 6.66. The SMILES string of the molecule is C=CCc1cccn1CC=C. The minimum absolute atomic E-state index is 0.885. The first-order chi connectivity index (χ1) is 5.38. The van der Waals surface area contributed by atoms with Crippen molar-refractivity contribution in [3.8, 4) is 0 Å². The van der Waals surface area contributed by atoms with E-state index in [4.69, 9.17) is 0 Å². The Labute approximate surface area is 67.7 Å². The molecule has 0 spiro atoms. The Morgan fingerprint density at radius 1 is 1.36 bits per heavy atom. The number of hydrogen-bond donors (Lipinski definition) is 0. The number of hydrogen-bond acceptors (Lipinski definition) is 0. The molecule has 58 valence electrons. The third kappa shape index (κ3) is 1.84. The van der Waals surface area contributed by atoms with Crippen LogP contribution in [0.4, 0.5) is 0 Å². The Morgan fingerprint density at radius 3 is 2.82 bits per heavy atom. The molecule has 0 radical (unpaired) electrons. The highest BCUT2D eigenvalue weighted by Crippen LogP contribution is 2.03. The molecule has 1 aromatic heterocycles. The third-order valence-electron chi connectivity index (χ3n) is 1.60. The molecule has 0 aliphatic rings. The van der Waals surface area contributed by atoms with Gasteiger partial charge >= 0.3 is 0 Å². The Hall–Kier alpha value is -1.24. The molecule has 0 aromatic carbocycles. The molecule has 0 saturated carbocycles. The van der Waals surface area contributed by atoms with E-state index in [0.29, 0.717) is 0 Å². The maximum absolute atomic E-state index is 3.70. The Kier molecular flexibility index (Phi) is 2.73. The molecule has 0 atom stereocenters. The van der Waals surface area contributed by atoms with Crippen LogP contribution in [0.5, 0.6) is 0 Å². The normalized spacial score (nSPS) is 9.45. The van der Waals surface area contributed by atoms with Gasteiger partial charge in [0.2, 0.25) is 0 Å². The quantitative estimate of drug-likeness (QED) is 0.576. The molecule has 0 unspecified atom stereocenters. The lowest BCUT2D eigenvalue weighted by Gasteiger charge is -2.02. The lowest BCUT2D eigenvalue weighted by molar-refractivity contribution is 0.783. The monoisotopic (exact) mass is 147 g/mol. The van der Waals surface area contributed by atoms with Gasteiger partial charge in [-0.2, -0.15) is 0 Å². The maximum atomic E-state index is 3.70. The molecule has 0 fully saturated rings. The highest BCUT2D eigenvalue weighted by Gasteiger charge is 1.94. The molecule has 0 amide bonds. The van der Waals surface area contributed by atoms with E-state index in [9.17, 15) is 0 Å². The minimum Gasteiger partial charge on any atom is -0.347 e. The van der Waals surface area contributed by atoms with Crippen molar-refractivity contribution < 1.29 is 0 Å². The smallest absolute Gasteiger partial charge is 0.0400 e. The Morgan fingerprint density at radius 2 is 2.18 bits per heavy atom. The summed E-state index contributed by atoms with van der Waals surface area (Å²) in [4.78, 5) is 0. The third-order valence-corrected chi connectivity index (χ3v) is 1.60. The molecule has 0 N–H and O–H groups in total. The first-order valence-corrected chi connectivity index (χ1v) is 3.74. The lowest BCUT2D eigenvalue weighted by Crippen LogP contribution is -1.97. The minimum atomic E-state index is 0.885. The van der Waals surface area contributed by atoms with Gasteiger partial charge in [-0.3, -0.25) is 0 Å². The van der Waals surface area contributed by atoms with Gasteiger partial charge in [0, 0.05) is 24.9 Å². The molecule has 1 nitrogen and oxygen atoms in total. The highest BCUT2D eigenvalue weighted by atomic mass is 15.0. The number of nitrogens with zero attached hydrogens (tertiary/aromatic N) is 1. The van der Waals surface area contributed by atoms with Crippen LogP contribution in [0.15, 0.2) is 43.6 Å². The van der Waals surface area contributed by atoms with E-state index >= 15 is 0 Å². The topological polar surface area (TPSA) is 4.93 Å². The van der Waals surface area contributed by atoms with Crippen molar-refractivity contribution >= 4 is 0 Å². The van der Waals surface area contributed by atoms with E-state index < -0.39 is 0 Å². The molecule has 0 saturated heterocycles. The first-order valence-electron chi connectivity index (χ1n) is 3.74. The van der Waals surface area contributed by atoms with E-state index in [1.165, 1.54) is 5.69 Å². The van der Waals surface area contributed by atoms with Crippen LogP contribution in [-0.2, 0) is 13.0 Å². The summed E-state index contributed by atoms with van der Waals surface area (Å²) in [5.74, 6) is 0. The molecular weight excluding hydrogens is 134 g/mol. The summed E-state index contributed by atoms with van der Waals surface area (Å²) in [7, 11) is 0. The van der Waals surface area contributed by atoms with Crippen molar-refractivity contribution in [2.24, 2.45) is 0 Å². The van der Waals surface area contributed by atoms with E-state index in [1.54, 1.807) is 0 Å². The Bertz CT molecular complexity index is 221. The second-order valence-electron chi connectivity index (χ2n) is 2.43. The van der Waals surface area contributed by atoms with E-state index in [2.05, 4.69) is 30.0 Å². The van der Waals surface area contributed by atoms with Gasteiger partial charge in [0.25, 0.3) is 0 Å². The molecule has 0 aliphatic heterocycles. The van der Waals surface area contributed by atoms with Crippen LogP contribution >= 0.6 is 0 Å². The van der Waals surface area contributed by atoms with Crippen molar-refractivity contribution in [2.45, 2.75) is 13.0 Å². The number of rotatable bonds is 4. The number of allylic oxidation sites excluding steroid dienone is 2. The molecule has 1 heteroatoms. The van der Waals surface area contributed by atoms with Crippen LogP contribution in [-0.4, -0.2) is 4.57 Å². The van der Waals surface area contributed by atoms with Gasteiger partial charge in [-0.25, -0.2) is 0 Å². The van der Waals surface area contributed by atoms with Crippen molar-refractivity contribution in [1.29, 1.82) is 0 Å². The second-order valence-corrected chi connectivity index (χ2v) is 2.43. The summed E-state index contributed by atoms with van der Waals surface area (Å²) < 4.78 is 2.16. The summed E-state index contributed by atoms with van der Waals surface area (Å²) in [5.41, 5.74) is 1.29. The average molecular weight is 147 g/mol. The number of aromatic nitrogens is 1. The Balaban J connectivity index is 2.76. The van der Waals surface area contributed by atoms with E-state index in [1.807, 2.05) is 18.2 Å². The molecule has 0 aliphatic carbocycles. The summed E-state index contributed by atoms with van der Waals surface area (Å²) in [6.45, 7) is 8.27. The fourth-order valence-electron chi connectivity index (χ4n) is 1.10. The van der Waals surface area contributed by atoms with Gasteiger partial charge in [0.15, 0.2) is 0 Å². The molecule has 0 bridgehead atoms. The summed E-state index contributed by atoms with van der Waals surface area (Å²) in [6.07, 6.45) is 6.79. The predicted octanol–water partition coefficient (Wildman–Crippen LogP) is 2.40. The maximum Gasteiger partial charge on any atom is 0.0400 e. The van der Waals surface area contributed by atoms with E-state index in [-0.39, 0.29) is 0 Å². The summed E-state index contributed by atoms with van der Waals surface area (Å²) in [6, 6.07) is 4.15. The van der Waals surface area contributed by atoms with Gasteiger partial charge in [-0.15, -0.1) is 13.2 Å². The van der Waals surface area contributed by atoms with Crippen LogP contribution in [0.2, 0.25) is 0 Å². The largest absolute Gasteiger partial charge is 0.347 e. The molecule has 1 heterocycles. The van der Waals surface area contributed by atoms with Crippen LogP contribution in [0.25, 0.3) is 0 Å². The standard InChI is InChI=1S/C10H13N/c1-3-6-10-7-5-9-11(10)8-4-2/h3-5,7,9H,1-2,6,8H2. The lowest BCUT2D eigenvalue weighted by atomic mass is 10.3. The molecule has 1 aromatic rings. The van der Waals surface area contributed by atoms with Gasteiger partial charge < -0.3 is 4.57 Å². The fourth-order valence-corrected chi connectivity index (χ4v) is 1.10. The zero-order valence-electron chi connectivity index (χ0n) is 6.66. The summed E-state index contributed by atoms with van der Waals surface area (Å²) in [5, 5.41) is 0. The molecule has 11 heavy (non-hydrogen) atoms. The van der Waals surface area contributed by atoms with Crippen LogP contribution in [0.1, 0.15) is 5.69 Å². The van der Waals surface area contributed by atoms with Gasteiger partial charge in [0.1, 0.15) is 0 Å². The van der Waals surface area contributed by atoms with Gasteiger partial charge in [-0.1, -0.05) is 12.2 Å². The van der Waals surface area contributed by atoms with Crippen LogP contribution < -0.4 is 0 Å². The average Bonchev–Trinajstić information content (AvgIpc) is 2.39. The first kappa shape index (κ1) is 7.86. The van der Waals surface area contributed by atoms with Crippen molar-refractivity contribution in [3.05, 3.63) is 49.3 Å². The second kappa shape index (κ2) is 3.81. The molecular formula is C10H13N. The van der Waals surface area contributed by atoms with Crippen LogP contribution in [0, 0.1) is 0 Å². The van der Waals surface area contributed by atoms with E-state index in [0.717, 1.165) is 13.0 Å². The zero-order chi connectivity index (χ0) is 8.10. The van der Waals surface area contributed by atoms with Crippen molar-refractivity contribution in [1.82, 2.24) is 4.57 Å². The summed E-state index contributed by atoms with van der Waals surface area (Å²) >= 11 is 0.